The molecule has 0 aliphatic rings. The summed E-state index contributed by atoms with van der Waals surface area (Å²) < 4.78 is 45.7. The van der Waals surface area contributed by atoms with E-state index in [1.54, 1.807) is 13.0 Å². The summed E-state index contributed by atoms with van der Waals surface area (Å²) in [6, 6.07) is 5.81. The van der Waals surface area contributed by atoms with E-state index in [0.717, 1.165) is 0 Å². The van der Waals surface area contributed by atoms with E-state index in [4.69, 9.17) is 0 Å². The van der Waals surface area contributed by atoms with Crippen LogP contribution in [0.5, 0.6) is 5.75 Å². The van der Waals surface area contributed by atoms with Crippen LogP contribution in [-0.4, -0.2) is 39.0 Å². The van der Waals surface area contributed by atoms with Gasteiger partial charge < -0.3 is 20.1 Å². The number of methoxy groups -OCH3 is 1. The highest BCUT2D eigenvalue weighted by Gasteiger charge is 2.31. The van der Waals surface area contributed by atoms with Gasteiger partial charge in [-0.3, -0.25) is 9.79 Å². The Bertz CT molecular complexity index is 583. The summed E-state index contributed by atoms with van der Waals surface area (Å²) in [5.41, 5.74) is 0.318. The Balaban J connectivity index is 0.00000576. The predicted octanol–water partition coefficient (Wildman–Crippen LogP) is 2.68. The lowest BCUT2D eigenvalue weighted by molar-refractivity contribution is -0.274. The molecule has 0 saturated carbocycles. The Hall–Kier alpha value is -1.72. The number of carbonyl (C=O) groups excluding carboxylic acids is 1. The summed E-state index contributed by atoms with van der Waals surface area (Å²) in [5, 5.41) is 5.76. The minimum atomic E-state index is -4.76. The van der Waals surface area contributed by atoms with Crippen molar-refractivity contribution in [2.24, 2.45) is 10.9 Å². The van der Waals surface area contributed by atoms with Gasteiger partial charge in [-0.05, 0) is 6.07 Å². The quantitative estimate of drug-likeness (QED) is 0.287. The molecule has 0 radical (unpaired) electrons. The van der Waals surface area contributed by atoms with Gasteiger partial charge in [-0.15, -0.1) is 37.1 Å². The first-order valence-electron chi connectivity index (χ1n) is 7.12. The lowest BCUT2D eigenvalue weighted by Gasteiger charge is -2.16. The Morgan fingerprint density at radius 3 is 2.48 bits per heavy atom. The number of nitrogens with zero attached hydrogens (tertiary/aromatic N) is 1. The number of hydrogen-bond acceptors (Lipinski definition) is 4. The van der Waals surface area contributed by atoms with Crippen LogP contribution in [0.25, 0.3) is 0 Å². The van der Waals surface area contributed by atoms with Crippen LogP contribution < -0.4 is 15.4 Å². The van der Waals surface area contributed by atoms with Crippen LogP contribution >= 0.6 is 24.0 Å². The predicted molar refractivity (Wildman–Crippen MR) is 97.9 cm³/mol. The molecule has 0 bridgehead atoms. The van der Waals surface area contributed by atoms with Gasteiger partial charge in [0, 0.05) is 25.7 Å². The number of ether oxygens (including phenoxy) is 2. The maximum absolute atomic E-state index is 12.4. The van der Waals surface area contributed by atoms with Crippen molar-refractivity contribution in [3.05, 3.63) is 29.8 Å². The van der Waals surface area contributed by atoms with E-state index in [1.165, 1.54) is 32.4 Å². The first kappa shape index (κ1) is 23.3. The number of aliphatic imine (C=N–C) groups is 1. The molecule has 25 heavy (non-hydrogen) atoms. The summed E-state index contributed by atoms with van der Waals surface area (Å²) in [7, 11) is 2.81. The fraction of sp³-hybridized carbons (Fsp3) is 0.467. The molecule has 0 heterocycles. The van der Waals surface area contributed by atoms with E-state index in [0.29, 0.717) is 11.5 Å². The Labute approximate surface area is 161 Å². The van der Waals surface area contributed by atoms with Gasteiger partial charge in [0.15, 0.2) is 5.96 Å². The van der Waals surface area contributed by atoms with Crippen LogP contribution in [0, 0.1) is 5.92 Å². The Morgan fingerprint density at radius 2 is 1.92 bits per heavy atom. The highest BCUT2D eigenvalue weighted by atomic mass is 127. The number of esters is 1. The van der Waals surface area contributed by atoms with Crippen molar-refractivity contribution in [3.63, 3.8) is 0 Å². The second kappa shape index (κ2) is 11.0. The van der Waals surface area contributed by atoms with Gasteiger partial charge in [0.05, 0.1) is 13.0 Å². The van der Waals surface area contributed by atoms with Gasteiger partial charge in [-0.25, -0.2) is 0 Å². The van der Waals surface area contributed by atoms with Crippen molar-refractivity contribution in [1.29, 1.82) is 0 Å². The topological polar surface area (TPSA) is 72.0 Å². The number of hydrogen-bond donors (Lipinski definition) is 2. The smallest absolute Gasteiger partial charge is 0.469 e. The lowest BCUT2D eigenvalue weighted by atomic mass is 10.2. The van der Waals surface area contributed by atoms with Gasteiger partial charge in [0.2, 0.25) is 0 Å². The molecule has 0 amide bonds. The molecule has 142 valence electrons. The summed E-state index contributed by atoms with van der Waals surface area (Å²) in [6.07, 6.45) is -4.76. The molecule has 2 N–H and O–H groups in total. The van der Waals surface area contributed by atoms with Crippen molar-refractivity contribution in [1.82, 2.24) is 10.6 Å². The minimum absolute atomic E-state index is 0. The molecule has 1 aromatic rings. The second-order valence-electron chi connectivity index (χ2n) is 4.89. The summed E-state index contributed by atoms with van der Waals surface area (Å²) in [5.74, 6) is -0.709. The molecule has 0 aliphatic carbocycles. The molecule has 10 heteroatoms. The molecule has 0 fully saturated rings. The average molecular weight is 475 g/mol. The number of rotatable bonds is 6. The minimum Gasteiger partial charge on any atom is -0.469 e. The molecular formula is C15H21F3IN3O3. The Kier molecular flexibility index (Phi) is 10.2. The fourth-order valence-corrected chi connectivity index (χ4v) is 1.81. The number of guanidine groups is 1. The SMILES string of the molecule is CN=C(NCc1ccccc1OC(F)(F)F)NCC(C)C(=O)OC.I. The molecular weight excluding hydrogens is 454 g/mol. The standard InChI is InChI=1S/C15H20F3N3O3.HI/c1-10(13(22)23-3)8-20-14(19-2)21-9-11-6-4-5-7-12(11)24-15(16,17)18;/h4-7,10H,8-9H2,1-3H3,(H2,19,20,21);1H. The van der Waals surface area contributed by atoms with E-state index < -0.39 is 12.3 Å². The molecule has 0 spiro atoms. The molecule has 0 aromatic heterocycles. The Morgan fingerprint density at radius 1 is 1.28 bits per heavy atom. The third-order valence-electron chi connectivity index (χ3n) is 3.05. The number of nitrogens with one attached hydrogen (secondary N) is 2. The van der Waals surface area contributed by atoms with Crippen molar-refractivity contribution < 1.29 is 27.4 Å². The first-order chi connectivity index (χ1) is 11.3. The molecule has 1 rings (SSSR count). The largest absolute Gasteiger partial charge is 0.573 e. The van der Waals surface area contributed by atoms with E-state index in [9.17, 15) is 18.0 Å². The van der Waals surface area contributed by atoms with Crippen molar-refractivity contribution in [2.75, 3.05) is 20.7 Å². The van der Waals surface area contributed by atoms with Crippen LogP contribution in [-0.2, 0) is 16.1 Å². The van der Waals surface area contributed by atoms with E-state index in [1.807, 2.05) is 0 Å². The van der Waals surface area contributed by atoms with Crippen LogP contribution in [0.4, 0.5) is 13.2 Å². The maximum Gasteiger partial charge on any atom is 0.573 e. The summed E-state index contributed by atoms with van der Waals surface area (Å²) in [4.78, 5) is 15.3. The van der Waals surface area contributed by atoms with Gasteiger partial charge in [-0.2, -0.15) is 0 Å². The number of carbonyl (C=O) groups is 1. The van der Waals surface area contributed by atoms with Crippen molar-refractivity contribution in [3.8, 4) is 5.75 Å². The van der Waals surface area contributed by atoms with E-state index in [-0.39, 0.29) is 48.8 Å². The fourth-order valence-electron chi connectivity index (χ4n) is 1.81. The number of para-hydroxylation sites is 1. The van der Waals surface area contributed by atoms with Crippen molar-refractivity contribution in [2.45, 2.75) is 19.8 Å². The normalized spacial score (nSPS) is 12.6. The second-order valence-corrected chi connectivity index (χ2v) is 4.89. The molecule has 0 saturated heterocycles. The monoisotopic (exact) mass is 475 g/mol. The van der Waals surface area contributed by atoms with Crippen LogP contribution in [0.15, 0.2) is 29.3 Å². The van der Waals surface area contributed by atoms with Gasteiger partial charge in [-0.1, -0.05) is 25.1 Å². The molecule has 1 aromatic carbocycles. The third-order valence-corrected chi connectivity index (χ3v) is 3.05. The van der Waals surface area contributed by atoms with Gasteiger partial charge in [0.1, 0.15) is 5.75 Å². The third kappa shape index (κ3) is 8.79. The first-order valence-corrected chi connectivity index (χ1v) is 7.12. The maximum atomic E-state index is 12.4. The zero-order valence-electron chi connectivity index (χ0n) is 14.0. The van der Waals surface area contributed by atoms with Crippen molar-refractivity contribution >= 4 is 35.9 Å². The molecule has 0 aliphatic heterocycles. The number of alkyl halides is 3. The van der Waals surface area contributed by atoms with Gasteiger partial charge in [0.25, 0.3) is 0 Å². The van der Waals surface area contributed by atoms with Crippen LogP contribution in [0.1, 0.15) is 12.5 Å². The van der Waals surface area contributed by atoms with E-state index in [2.05, 4.69) is 25.1 Å². The van der Waals surface area contributed by atoms with E-state index >= 15 is 0 Å². The van der Waals surface area contributed by atoms with Gasteiger partial charge >= 0.3 is 12.3 Å². The zero-order chi connectivity index (χ0) is 18.2. The average Bonchev–Trinajstić information content (AvgIpc) is 2.53. The molecule has 1 unspecified atom stereocenters. The lowest BCUT2D eigenvalue weighted by Crippen LogP contribution is -2.40. The summed E-state index contributed by atoms with van der Waals surface area (Å²) >= 11 is 0. The number of halogens is 4. The van der Waals surface area contributed by atoms with Crippen LogP contribution in [0.3, 0.4) is 0 Å². The molecule has 1 atom stereocenters. The summed E-state index contributed by atoms with van der Waals surface area (Å²) in [6.45, 7) is 2.02. The highest BCUT2D eigenvalue weighted by Crippen LogP contribution is 2.25. The van der Waals surface area contributed by atoms with Crippen LogP contribution in [0.2, 0.25) is 0 Å². The zero-order valence-corrected chi connectivity index (χ0v) is 16.3. The number of benzene rings is 1. The highest BCUT2D eigenvalue weighted by molar-refractivity contribution is 14.0. The molecule has 6 nitrogen and oxygen atoms in total.